The second-order valence-corrected chi connectivity index (χ2v) is 6.32. The summed E-state index contributed by atoms with van der Waals surface area (Å²) in [4.78, 5) is 12.2. The van der Waals surface area contributed by atoms with Crippen molar-refractivity contribution in [2.24, 2.45) is 22.7 Å². The van der Waals surface area contributed by atoms with E-state index >= 15 is 0 Å². The van der Waals surface area contributed by atoms with Crippen molar-refractivity contribution in [3.05, 3.63) is 0 Å². The van der Waals surface area contributed by atoms with E-state index in [9.17, 15) is 4.79 Å². The van der Waals surface area contributed by atoms with Crippen molar-refractivity contribution < 1.29 is 10.0 Å². The van der Waals surface area contributed by atoms with Crippen LogP contribution in [0.5, 0.6) is 0 Å². The van der Waals surface area contributed by atoms with Gasteiger partial charge >= 0.3 is 0 Å². The Labute approximate surface area is 121 Å². The average molecular weight is 281 g/mol. The topological polar surface area (TPSA) is 87.7 Å². The Morgan fingerprint density at radius 3 is 2.35 bits per heavy atom. The summed E-state index contributed by atoms with van der Waals surface area (Å²) < 4.78 is 0. The van der Waals surface area contributed by atoms with Crippen LogP contribution in [0.3, 0.4) is 0 Å². The molecule has 0 saturated heterocycles. The second-order valence-electron chi connectivity index (χ2n) is 6.32. The molecule has 2 saturated carbocycles. The van der Waals surface area contributed by atoms with Crippen molar-refractivity contribution in [3.8, 4) is 0 Å². The Morgan fingerprint density at radius 2 is 1.75 bits per heavy atom. The average Bonchev–Trinajstić information content (AvgIpc) is 2.97. The molecule has 5 heteroatoms. The van der Waals surface area contributed by atoms with Gasteiger partial charge in [0.15, 0.2) is 5.84 Å². The molecule has 5 nitrogen and oxygen atoms in total. The molecule has 1 amide bonds. The van der Waals surface area contributed by atoms with Crippen molar-refractivity contribution in [1.29, 1.82) is 0 Å². The minimum Gasteiger partial charge on any atom is -0.409 e. The van der Waals surface area contributed by atoms with Gasteiger partial charge in [0, 0.05) is 6.42 Å². The summed E-state index contributed by atoms with van der Waals surface area (Å²) in [6.07, 6.45) is 11.0. The van der Waals surface area contributed by atoms with Crippen LogP contribution in [0.1, 0.15) is 64.2 Å². The van der Waals surface area contributed by atoms with Crippen LogP contribution in [0.2, 0.25) is 0 Å². The first-order valence-corrected chi connectivity index (χ1v) is 7.97. The number of nitrogens with zero attached hydrogens (tertiary/aromatic N) is 1. The summed E-state index contributed by atoms with van der Waals surface area (Å²) in [5, 5.41) is 15.1. The summed E-state index contributed by atoms with van der Waals surface area (Å²) in [6.45, 7) is 0. The summed E-state index contributed by atoms with van der Waals surface area (Å²) in [5.41, 5.74) is 5.79. The zero-order chi connectivity index (χ0) is 14.4. The first kappa shape index (κ1) is 15.1. The predicted molar refractivity (Wildman–Crippen MR) is 78.5 cm³/mol. The lowest BCUT2D eigenvalue weighted by Crippen LogP contribution is -2.50. The maximum atomic E-state index is 12.2. The Kier molecular flexibility index (Phi) is 5.68. The Hall–Kier alpha value is -1.26. The summed E-state index contributed by atoms with van der Waals surface area (Å²) in [6, 6.07) is -0.297. The van der Waals surface area contributed by atoms with E-state index in [4.69, 9.17) is 10.9 Å². The van der Waals surface area contributed by atoms with E-state index < -0.39 is 0 Å². The van der Waals surface area contributed by atoms with Crippen LogP contribution in [0, 0.1) is 11.8 Å². The van der Waals surface area contributed by atoms with Crippen molar-refractivity contribution >= 4 is 11.7 Å². The quantitative estimate of drug-likeness (QED) is 0.313. The lowest BCUT2D eigenvalue weighted by Gasteiger charge is -2.30. The highest BCUT2D eigenvalue weighted by molar-refractivity contribution is 5.90. The summed E-state index contributed by atoms with van der Waals surface area (Å²) in [5.74, 6) is 1.04. The number of rotatable bonds is 5. The van der Waals surface area contributed by atoms with Crippen LogP contribution in [0.4, 0.5) is 0 Å². The van der Waals surface area contributed by atoms with Crippen LogP contribution in [-0.4, -0.2) is 23.0 Å². The molecule has 2 rings (SSSR count). The molecule has 0 aromatic carbocycles. The van der Waals surface area contributed by atoms with E-state index in [-0.39, 0.29) is 17.8 Å². The number of hydrogen-bond acceptors (Lipinski definition) is 3. The Morgan fingerprint density at radius 1 is 1.15 bits per heavy atom. The molecule has 1 atom stereocenters. The Balaban J connectivity index is 1.90. The van der Waals surface area contributed by atoms with Gasteiger partial charge in [-0.2, -0.15) is 0 Å². The van der Waals surface area contributed by atoms with Gasteiger partial charge < -0.3 is 16.3 Å². The molecule has 114 valence electrons. The molecule has 2 aliphatic rings. The number of nitrogens with two attached hydrogens (primary N) is 1. The minimum absolute atomic E-state index is 0.0547. The van der Waals surface area contributed by atoms with Crippen molar-refractivity contribution in [2.45, 2.75) is 70.3 Å². The number of hydrogen-bond donors (Lipinski definition) is 3. The van der Waals surface area contributed by atoms with E-state index in [1.165, 1.54) is 32.1 Å². The normalized spacial score (nSPS) is 23.7. The third-order valence-electron chi connectivity index (χ3n) is 4.82. The highest BCUT2D eigenvalue weighted by Gasteiger charge is 2.29. The number of carbonyl (C=O) groups excluding carboxylic acids is 1. The van der Waals surface area contributed by atoms with Gasteiger partial charge in [-0.05, 0) is 37.5 Å². The minimum atomic E-state index is -0.297. The number of nitrogens with one attached hydrogen (secondary N) is 1. The molecule has 2 fully saturated rings. The monoisotopic (exact) mass is 281 g/mol. The molecule has 0 bridgehead atoms. The maximum absolute atomic E-state index is 12.2. The molecule has 0 spiro atoms. The van der Waals surface area contributed by atoms with E-state index in [0.717, 1.165) is 25.7 Å². The first-order valence-electron chi connectivity index (χ1n) is 7.97. The predicted octanol–water partition coefficient (Wildman–Crippen LogP) is 2.38. The number of amidine groups is 1. The zero-order valence-corrected chi connectivity index (χ0v) is 12.2. The Bertz CT molecular complexity index is 345. The molecular weight excluding hydrogens is 254 g/mol. The van der Waals surface area contributed by atoms with Crippen LogP contribution >= 0.6 is 0 Å². The summed E-state index contributed by atoms with van der Waals surface area (Å²) >= 11 is 0. The zero-order valence-electron chi connectivity index (χ0n) is 12.2. The van der Waals surface area contributed by atoms with Crippen LogP contribution in [0.15, 0.2) is 5.16 Å². The third kappa shape index (κ3) is 4.12. The van der Waals surface area contributed by atoms with Gasteiger partial charge in [-0.15, -0.1) is 0 Å². The van der Waals surface area contributed by atoms with Gasteiger partial charge in [0.05, 0.1) is 6.04 Å². The summed E-state index contributed by atoms with van der Waals surface area (Å²) in [7, 11) is 0. The second kappa shape index (κ2) is 7.50. The largest absolute Gasteiger partial charge is 0.409 e. The fourth-order valence-corrected chi connectivity index (χ4v) is 3.67. The van der Waals surface area contributed by atoms with E-state index in [1.54, 1.807) is 0 Å². The van der Waals surface area contributed by atoms with Crippen LogP contribution in [-0.2, 0) is 4.79 Å². The van der Waals surface area contributed by atoms with Crippen LogP contribution < -0.4 is 11.1 Å². The van der Waals surface area contributed by atoms with Crippen molar-refractivity contribution in [2.75, 3.05) is 0 Å². The lowest BCUT2D eigenvalue weighted by atomic mass is 9.83. The molecule has 0 heterocycles. The molecule has 0 radical (unpaired) electrons. The highest BCUT2D eigenvalue weighted by atomic mass is 16.4. The fourth-order valence-electron chi connectivity index (χ4n) is 3.67. The molecule has 1 unspecified atom stereocenters. The van der Waals surface area contributed by atoms with Crippen LogP contribution in [0.25, 0.3) is 0 Å². The molecular formula is C15H27N3O2. The maximum Gasteiger partial charge on any atom is 0.220 e. The molecule has 20 heavy (non-hydrogen) atoms. The lowest BCUT2D eigenvalue weighted by molar-refractivity contribution is -0.122. The van der Waals surface area contributed by atoms with Gasteiger partial charge in [0.25, 0.3) is 0 Å². The van der Waals surface area contributed by atoms with E-state index in [1.807, 2.05) is 0 Å². The third-order valence-corrected chi connectivity index (χ3v) is 4.82. The van der Waals surface area contributed by atoms with Crippen molar-refractivity contribution in [3.63, 3.8) is 0 Å². The van der Waals surface area contributed by atoms with Gasteiger partial charge in [-0.3, -0.25) is 4.79 Å². The smallest absolute Gasteiger partial charge is 0.220 e. The SMILES string of the molecule is N/C(=N/O)C(NC(=O)CC1CCCC1)C1CCCCC1. The molecule has 2 aliphatic carbocycles. The molecule has 0 aliphatic heterocycles. The number of amides is 1. The number of oxime groups is 1. The fraction of sp³-hybridized carbons (Fsp3) is 0.867. The molecule has 0 aromatic heterocycles. The number of carbonyl (C=O) groups is 1. The van der Waals surface area contributed by atoms with E-state index in [0.29, 0.717) is 18.3 Å². The van der Waals surface area contributed by atoms with E-state index in [2.05, 4.69) is 10.5 Å². The van der Waals surface area contributed by atoms with Gasteiger partial charge in [0.2, 0.25) is 5.91 Å². The highest BCUT2D eigenvalue weighted by Crippen LogP contribution is 2.29. The molecule has 4 N–H and O–H groups in total. The first-order chi connectivity index (χ1) is 9.70. The van der Waals surface area contributed by atoms with Gasteiger partial charge in [0.1, 0.15) is 0 Å². The molecule has 0 aromatic rings. The van der Waals surface area contributed by atoms with Gasteiger partial charge in [-0.25, -0.2) is 0 Å². The van der Waals surface area contributed by atoms with Crippen molar-refractivity contribution in [1.82, 2.24) is 5.32 Å². The van der Waals surface area contributed by atoms with Gasteiger partial charge in [-0.1, -0.05) is 37.3 Å². The standard InChI is InChI=1S/C15H27N3O2/c16-15(18-20)14(12-8-2-1-3-9-12)17-13(19)10-11-6-4-5-7-11/h11-12,14,20H,1-10H2,(H2,16,18)(H,17,19).